The van der Waals surface area contributed by atoms with Crippen LogP contribution in [0.15, 0.2) is 0 Å². The zero-order chi connectivity index (χ0) is 25.3. The number of ether oxygens (including phenoxy) is 1. The summed E-state index contributed by atoms with van der Waals surface area (Å²) in [6, 6.07) is 0. The van der Waals surface area contributed by atoms with E-state index in [1.807, 2.05) is 0 Å². The molecule has 2 fully saturated rings. The molecule has 2 rings (SSSR count). The largest absolute Gasteiger partial charge is 0.464 e. The van der Waals surface area contributed by atoms with Gasteiger partial charge in [-0.25, -0.2) is 0 Å². The molecule has 2 saturated carbocycles. The average molecular weight is 516 g/mol. The lowest BCUT2D eigenvalue weighted by molar-refractivity contribution is -0.164. The Kier molecular flexibility index (Phi) is 12.2. The van der Waals surface area contributed by atoms with Crippen LogP contribution in [-0.4, -0.2) is 66.9 Å². The van der Waals surface area contributed by atoms with Gasteiger partial charge >= 0.3 is 21.2 Å². The van der Waals surface area contributed by atoms with Gasteiger partial charge in [0.15, 0.2) is 0 Å². The maximum absolute atomic E-state index is 12.9. The van der Waals surface area contributed by atoms with Gasteiger partial charge in [-0.1, -0.05) is 52.4 Å². The monoisotopic (exact) mass is 515 g/mol. The number of carbonyl (C=O) groups is 1. The van der Waals surface area contributed by atoms with E-state index in [1.165, 1.54) is 51.4 Å². The third-order valence-corrected chi connectivity index (χ3v) is 10.9. The predicted octanol–water partition coefficient (Wildman–Crippen LogP) is 3.41. The minimum atomic E-state index is -5.20. The fourth-order valence-corrected chi connectivity index (χ4v) is 6.10. The van der Waals surface area contributed by atoms with Crippen molar-refractivity contribution in [1.29, 1.82) is 0 Å². The van der Waals surface area contributed by atoms with Gasteiger partial charge in [0, 0.05) is 6.54 Å². The van der Waals surface area contributed by atoms with Crippen LogP contribution in [0.5, 0.6) is 0 Å². The summed E-state index contributed by atoms with van der Waals surface area (Å²) in [5.74, 6) is 0.716. The van der Waals surface area contributed by atoms with Crippen LogP contribution >= 0.6 is 15.2 Å². The molecular weight excluding hydrogens is 472 g/mol. The maximum atomic E-state index is 12.9. The number of nitrogens with zero attached hydrogens (tertiary/aromatic N) is 1. The third kappa shape index (κ3) is 8.39. The summed E-state index contributed by atoms with van der Waals surface area (Å²) in [5, 5.41) is 5.37. The van der Waals surface area contributed by atoms with E-state index >= 15 is 0 Å². The first kappa shape index (κ1) is 30.7. The van der Waals surface area contributed by atoms with E-state index < -0.39 is 20.3 Å². The second-order valence-electron chi connectivity index (χ2n) is 9.27. The van der Waals surface area contributed by atoms with Crippen molar-refractivity contribution in [2.75, 3.05) is 26.2 Å². The molecule has 0 radical (unpaired) electrons. The van der Waals surface area contributed by atoms with Gasteiger partial charge in [-0.2, -0.15) is 0 Å². The molecule has 12 heteroatoms. The average Bonchev–Trinajstić information content (AvgIpc) is 2.76. The molecule has 0 aliphatic heterocycles. The first-order valence-electron chi connectivity index (χ1n) is 12.0. The lowest BCUT2D eigenvalue weighted by Gasteiger charge is -2.43. The molecule has 0 spiro atoms. The number of hydrogen-bond donors (Lipinski definition) is 5. The van der Waals surface area contributed by atoms with Crippen LogP contribution in [0, 0.1) is 11.3 Å². The van der Waals surface area contributed by atoms with Gasteiger partial charge in [-0.3, -0.25) is 13.9 Å². The van der Waals surface area contributed by atoms with Crippen molar-refractivity contribution in [1.82, 2.24) is 4.90 Å². The second-order valence-corrected chi connectivity index (χ2v) is 13.5. The minimum Gasteiger partial charge on any atom is -0.464 e. The molecule has 0 aromatic rings. The Hall–Kier alpha value is -0.310. The number of rotatable bonds is 9. The van der Waals surface area contributed by atoms with Crippen molar-refractivity contribution in [3.8, 4) is 0 Å². The van der Waals surface area contributed by atoms with Gasteiger partial charge in [0.2, 0.25) is 0 Å². The molecular formula is C21H43NO9P2. The van der Waals surface area contributed by atoms with Crippen molar-refractivity contribution in [3.05, 3.63) is 0 Å². The van der Waals surface area contributed by atoms with Gasteiger partial charge in [0.25, 0.3) is 5.08 Å². The smallest absolute Gasteiger partial charge is 0.369 e. The quantitative estimate of drug-likeness (QED) is 0.227. The SMILES string of the molecule is CC(O)(P(=O)(O)O)P(=O)(O)O.CCN(CC)CCOC(=O)C1(C2CCCCC2)CCCCC1. The summed E-state index contributed by atoms with van der Waals surface area (Å²) in [4.78, 5) is 48.3. The number of carbonyl (C=O) groups excluding carboxylic acids is 1. The number of aliphatic hydroxyl groups is 1. The molecule has 0 amide bonds. The van der Waals surface area contributed by atoms with E-state index in [1.54, 1.807) is 0 Å². The topological polar surface area (TPSA) is 165 Å². The molecule has 0 bridgehead atoms. The Balaban J connectivity index is 0.000000420. The van der Waals surface area contributed by atoms with Crippen molar-refractivity contribution < 1.29 is 43.3 Å². The molecule has 2 aliphatic rings. The first-order chi connectivity index (χ1) is 15.2. The van der Waals surface area contributed by atoms with Gasteiger partial charge in [-0.15, -0.1) is 0 Å². The first-order valence-corrected chi connectivity index (χ1v) is 15.2. The van der Waals surface area contributed by atoms with Crippen LogP contribution < -0.4 is 0 Å². The highest BCUT2D eigenvalue weighted by molar-refractivity contribution is 7.71. The molecule has 0 aromatic heterocycles. The zero-order valence-corrected chi connectivity index (χ0v) is 22.0. The fourth-order valence-electron chi connectivity index (χ4n) is 4.74. The normalized spacial score (nSPS) is 20.2. The molecule has 196 valence electrons. The highest BCUT2D eigenvalue weighted by atomic mass is 31.2. The summed E-state index contributed by atoms with van der Waals surface area (Å²) in [5.41, 5.74) is -0.137. The number of likely N-dealkylation sites (N-methyl/N-ethyl adjacent to an activating group) is 1. The minimum absolute atomic E-state index is 0.131. The molecule has 0 atom stereocenters. The van der Waals surface area contributed by atoms with E-state index in [-0.39, 0.29) is 11.4 Å². The van der Waals surface area contributed by atoms with Crippen molar-refractivity contribution in [3.63, 3.8) is 0 Å². The summed E-state index contributed by atoms with van der Waals surface area (Å²) in [7, 11) is -10.4. The van der Waals surface area contributed by atoms with E-state index in [0.717, 1.165) is 32.5 Å². The summed E-state index contributed by atoms with van der Waals surface area (Å²) < 4.78 is 26.3. The van der Waals surface area contributed by atoms with Crippen LogP contribution in [0.1, 0.15) is 85.0 Å². The van der Waals surface area contributed by atoms with Crippen LogP contribution in [0.25, 0.3) is 0 Å². The van der Waals surface area contributed by atoms with Crippen molar-refractivity contribution in [2.45, 2.75) is 90.1 Å². The van der Waals surface area contributed by atoms with E-state index in [9.17, 15) is 13.9 Å². The Morgan fingerprint density at radius 3 is 1.79 bits per heavy atom. The zero-order valence-electron chi connectivity index (χ0n) is 20.2. The molecule has 0 unspecified atom stereocenters. The second kappa shape index (κ2) is 13.1. The molecule has 0 aromatic carbocycles. The summed E-state index contributed by atoms with van der Waals surface area (Å²) in [6.45, 7) is 8.21. The predicted molar refractivity (Wildman–Crippen MR) is 126 cm³/mol. The summed E-state index contributed by atoms with van der Waals surface area (Å²) >= 11 is 0. The van der Waals surface area contributed by atoms with E-state index in [4.69, 9.17) is 29.4 Å². The lowest BCUT2D eigenvalue weighted by atomic mass is 9.62. The molecule has 10 nitrogen and oxygen atoms in total. The summed E-state index contributed by atoms with van der Waals surface area (Å²) in [6.07, 6.45) is 12.3. The number of hydrogen-bond acceptors (Lipinski definition) is 6. The van der Waals surface area contributed by atoms with Gasteiger partial charge in [0.1, 0.15) is 6.61 Å². The van der Waals surface area contributed by atoms with Gasteiger partial charge in [0.05, 0.1) is 5.41 Å². The van der Waals surface area contributed by atoms with Gasteiger partial charge in [-0.05, 0) is 51.6 Å². The highest BCUT2D eigenvalue weighted by Gasteiger charge is 2.55. The van der Waals surface area contributed by atoms with Crippen molar-refractivity contribution in [2.24, 2.45) is 11.3 Å². The van der Waals surface area contributed by atoms with E-state index in [0.29, 0.717) is 19.4 Å². The Labute approximate surface area is 197 Å². The fraction of sp³-hybridized carbons (Fsp3) is 0.952. The Morgan fingerprint density at radius 2 is 1.39 bits per heavy atom. The molecule has 33 heavy (non-hydrogen) atoms. The van der Waals surface area contributed by atoms with Crippen LogP contribution in [0.4, 0.5) is 0 Å². The van der Waals surface area contributed by atoms with Crippen LogP contribution in [-0.2, 0) is 18.7 Å². The maximum Gasteiger partial charge on any atom is 0.369 e. The third-order valence-electron chi connectivity index (χ3n) is 7.18. The highest BCUT2D eigenvalue weighted by Crippen LogP contribution is 2.66. The Bertz CT molecular complexity index is 664. The van der Waals surface area contributed by atoms with Gasteiger partial charge < -0.3 is 34.3 Å². The Morgan fingerprint density at radius 1 is 0.939 bits per heavy atom. The lowest BCUT2D eigenvalue weighted by Crippen LogP contribution is -2.43. The van der Waals surface area contributed by atoms with E-state index in [2.05, 4.69) is 18.7 Å². The van der Waals surface area contributed by atoms with Crippen LogP contribution in [0.2, 0.25) is 0 Å². The number of esters is 1. The molecule has 0 saturated heterocycles. The molecule has 5 N–H and O–H groups in total. The standard InChI is InChI=1S/C19H35NO2.C2H8O7P2/c1-3-20(4-2)15-16-22-18(21)19(13-9-6-10-14-19)17-11-7-5-8-12-17;1-2(3,10(4,5)6)11(7,8)9/h17H,3-16H2,1-2H3;3H,1H3,(H2,4,5,6)(H2,7,8,9). The van der Waals surface area contributed by atoms with Crippen LogP contribution in [0.3, 0.4) is 0 Å². The molecule has 2 aliphatic carbocycles. The molecule has 0 heterocycles. The van der Waals surface area contributed by atoms with Crippen molar-refractivity contribution >= 4 is 21.2 Å².